The van der Waals surface area contributed by atoms with Crippen LogP contribution in [0.3, 0.4) is 0 Å². The molecule has 0 fully saturated rings. The molecular weight excluding hydrogens is 430 g/mol. The highest BCUT2D eigenvalue weighted by Crippen LogP contribution is 2.55. The van der Waals surface area contributed by atoms with Crippen LogP contribution in [0.5, 0.6) is 11.5 Å². The molecule has 0 saturated heterocycles. The molecule has 2 unspecified atom stereocenters. The van der Waals surface area contributed by atoms with Gasteiger partial charge in [0.25, 0.3) is 0 Å². The van der Waals surface area contributed by atoms with Gasteiger partial charge in [0, 0.05) is 19.8 Å². The van der Waals surface area contributed by atoms with E-state index in [1.54, 1.807) is 7.11 Å². The van der Waals surface area contributed by atoms with Crippen molar-refractivity contribution < 1.29 is 14.0 Å². The lowest BCUT2D eigenvalue weighted by Crippen LogP contribution is -2.47. The SMILES string of the molecule is C=CC1C(CCOC)c2c3c(cc4ccccc24)Oc2cc(-c4ccccc4)cc4cc[n+]1c-3c24. The maximum Gasteiger partial charge on any atom is 0.228 e. The van der Waals surface area contributed by atoms with E-state index in [4.69, 9.17) is 9.47 Å². The number of pyridine rings is 1. The second-order valence-electron chi connectivity index (χ2n) is 9.48. The molecule has 2 aliphatic rings. The number of hydrogen-bond acceptors (Lipinski definition) is 2. The van der Waals surface area contributed by atoms with Gasteiger partial charge in [-0.1, -0.05) is 61.2 Å². The molecule has 35 heavy (non-hydrogen) atoms. The van der Waals surface area contributed by atoms with Crippen molar-refractivity contribution in [3.8, 4) is 33.9 Å². The molecule has 2 atom stereocenters. The van der Waals surface area contributed by atoms with Crippen molar-refractivity contribution in [2.24, 2.45) is 0 Å². The van der Waals surface area contributed by atoms with Crippen molar-refractivity contribution in [3.63, 3.8) is 0 Å². The summed E-state index contributed by atoms with van der Waals surface area (Å²) in [6, 6.07) is 28.2. The Hall–Kier alpha value is -3.95. The molecule has 0 aliphatic carbocycles. The molecule has 4 aromatic carbocycles. The van der Waals surface area contributed by atoms with E-state index in [2.05, 4.69) is 102 Å². The van der Waals surface area contributed by atoms with E-state index >= 15 is 0 Å². The average molecular weight is 457 g/mol. The van der Waals surface area contributed by atoms with Crippen molar-refractivity contribution >= 4 is 21.5 Å². The summed E-state index contributed by atoms with van der Waals surface area (Å²) < 4.78 is 14.7. The first-order chi connectivity index (χ1) is 17.3. The number of rotatable bonds is 5. The molecule has 3 heteroatoms. The normalized spacial score (nSPS) is 17.4. The summed E-state index contributed by atoms with van der Waals surface area (Å²) in [6.45, 7) is 4.97. The third-order valence-corrected chi connectivity index (χ3v) is 7.64. The van der Waals surface area contributed by atoms with E-state index in [1.165, 1.54) is 43.9 Å². The molecule has 3 nitrogen and oxygen atoms in total. The summed E-state index contributed by atoms with van der Waals surface area (Å²) in [6.07, 6.45) is 5.24. The van der Waals surface area contributed by atoms with Gasteiger partial charge in [-0.2, -0.15) is 4.57 Å². The van der Waals surface area contributed by atoms with Gasteiger partial charge in [0.2, 0.25) is 5.69 Å². The summed E-state index contributed by atoms with van der Waals surface area (Å²) in [5.74, 6) is 2.09. The Morgan fingerprint density at radius 2 is 1.74 bits per heavy atom. The average Bonchev–Trinajstić information content (AvgIpc) is 2.91. The van der Waals surface area contributed by atoms with E-state index in [-0.39, 0.29) is 12.0 Å². The standard InChI is InChI=1S/C32H26NO2/c1-3-26-25(14-16-34-2)30-24-12-8-7-11-21(24)18-28-31(30)32-29-22(13-15-33(26)32)17-23(19-27(29)35-28)20-9-5-4-6-10-20/h3-13,15,17-19,25-26H,1,14,16H2,2H3/q+1. The molecule has 3 heterocycles. The Kier molecular flexibility index (Phi) is 4.55. The Labute approximate surface area is 204 Å². The van der Waals surface area contributed by atoms with Gasteiger partial charge in [0.1, 0.15) is 11.5 Å². The fourth-order valence-corrected chi connectivity index (χ4v) is 6.15. The van der Waals surface area contributed by atoms with Crippen LogP contribution in [0, 0.1) is 0 Å². The zero-order valence-corrected chi connectivity index (χ0v) is 19.7. The summed E-state index contributed by atoms with van der Waals surface area (Å²) >= 11 is 0. The summed E-state index contributed by atoms with van der Waals surface area (Å²) in [5, 5.41) is 4.86. The van der Waals surface area contributed by atoms with Crippen LogP contribution < -0.4 is 9.30 Å². The van der Waals surface area contributed by atoms with Gasteiger partial charge < -0.3 is 9.47 Å². The maximum atomic E-state index is 6.74. The predicted octanol–water partition coefficient (Wildman–Crippen LogP) is 7.58. The molecule has 1 aromatic heterocycles. The minimum Gasteiger partial charge on any atom is -0.456 e. The second-order valence-corrected chi connectivity index (χ2v) is 9.48. The van der Waals surface area contributed by atoms with E-state index in [0.717, 1.165) is 23.5 Å². The minimum absolute atomic E-state index is 0.135. The lowest BCUT2D eigenvalue weighted by Gasteiger charge is -2.34. The Balaban J connectivity index is 1.59. The van der Waals surface area contributed by atoms with Gasteiger partial charge in [-0.05, 0) is 63.5 Å². The molecule has 7 rings (SSSR count). The topological polar surface area (TPSA) is 22.3 Å². The number of methoxy groups -OCH3 is 1. The maximum absolute atomic E-state index is 6.74. The molecule has 0 N–H and O–H groups in total. The smallest absolute Gasteiger partial charge is 0.228 e. The molecule has 5 aromatic rings. The fraction of sp³-hybridized carbons (Fsp3) is 0.156. The van der Waals surface area contributed by atoms with Crippen LogP contribution in [-0.4, -0.2) is 13.7 Å². The zero-order chi connectivity index (χ0) is 23.5. The highest BCUT2D eigenvalue weighted by Gasteiger charge is 2.44. The largest absolute Gasteiger partial charge is 0.456 e. The predicted molar refractivity (Wildman–Crippen MR) is 141 cm³/mol. The van der Waals surface area contributed by atoms with Crippen molar-refractivity contribution in [2.75, 3.05) is 13.7 Å². The van der Waals surface area contributed by atoms with E-state index < -0.39 is 0 Å². The van der Waals surface area contributed by atoms with Gasteiger partial charge in [0.15, 0.2) is 12.2 Å². The molecule has 0 spiro atoms. The first kappa shape index (κ1) is 20.4. The lowest BCUT2D eigenvalue weighted by atomic mass is 9.76. The van der Waals surface area contributed by atoms with Gasteiger partial charge in [-0.15, -0.1) is 0 Å². The molecule has 170 valence electrons. The highest BCUT2D eigenvalue weighted by molar-refractivity contribution is 6.07. The highest BCUT2D eigenvalue weighted by atomic mass is 16.5. The number of fused-ring (bicyclic) bond motifs is 2. The van der Waals surface area contributed by atoms with Crippen molar-refractivity contribution in [1.82, 2.24) is 0 Å². The summed E-state index contributed by atoms with van der Waals surface area (Å²) in [4.78, 5) is 0. The fourth-order valence-electron chi connectivity index (χ4n) is 6.15. The zero-order valence-electron chi connectivity index (χ0n) is 19.7. The van der Waals surface area contributed by atoms with Crippen LogP contribution in [0.4, 0.5) is 0 Å². The summed E-state index contributed by atoms with van der Waals surface area (Å²) in [7, 11) is 1.78. The summed E-state index contributed by atoms with van der Waals surface area (Å²) in [5.41, 5.74) is 6.15. The third kappa shape index (κ3) is 2.92. The van der Waals surface area contributed by atoms with Crippen LogP contribution in [0.2, 0.25) is 0 Å². The van der Waals surface area contributed by atoms with E-state index in [9.17, 15) is 0 Å². The van der Waals surface area contributed by atoms with Crippen LogP contribution >= 0.6 is 0 Å². The first-order valence-electron chi connectivity index (χ1n) is 12.2. The number of allylic oxidation sites excluding steroid dienone is 1. The molecule has 0 radical (unpaired) electrons. The van der Waals surface area contributed by atoms with Crippen molar-refractivity contribution in [3.05, 3.63) is 103 Å². The minimum atomic E-state index is 0.135. The number of benzene rings is 4. The van der Waals surface area contributed by atoms with Gasteiger partial charge in [-0.25, -0.2) is 0 Å². The number of hydrogen-bond donors (Lipinski definition) is 0. The third-order valence-electron chi connectivity index (χ3n) is 7.64. The van der Waals surface area contributed by atoms with E-state index in [0.29, 0.717) is 6.61 Å². The quantitative estimate of drug-likeness (QED) is 0.197. The van der Waals surface area contributed by atoms with Gasteiger partial charge in [0.05, 0.1) is 16.9 Å². The van der Waals surface area contributed by atoms with E-state index in [1.807, 2.05) is 0 Å². The second kappa shape index (κ2) is 7.79. The Morgan fingerprint density at radius 3 is 2.57 bits per heavy atom. The Morgan fingerprint density at radius 1 is 0.914 bits per heavy atom. The van der Waals surface area contributed by atoms with Crippen LogP contribution in [0.15, 0.2) is 97.7 Å². The van der Waals surface area contributed by atoms with Crippen LogP contribution in [-0.2, 0) is 4.74 Å². The lowest BCUT2D eigenvalue weighted by molar-refractivity contribution is -0.706. The number of ether oxygens (including phenoxy) is 2. The number of aromatic nitrogens is 1. The molecule has 0 bridgehead atoms. The molecule has 0 saturated carbocycles. The van der Waals surface area contributed by atoms with Crippen molar-refractivity contribution in [2.45, 2.75) is 18.4 Å². The molecule has 2 aliphatic heterocycles. The monoisotopic (exact) mass is 456 g/mol. The number of nitrogens with zero attached hydrogens (tertiary/aromatic N) is 1. The van der Waals surface area contributed by atoms with Gasteiger partial charge >= 0.3 is 0 Å². The first-order valence-corrected chi connectivity index (χ1v) is 12.2. The van der Waals surface area contributed by atoms with Crippen LogP contribution in [0.25, 0.3) is 43.9 Å². The molecular formula is C32H26NO2+. The van der Waals surface area contributed by atoms with Crippen LogP contribution in [0.1, 0.15) is 23.9 Å². The van der Waals surface area contributed by atoms with Crippen molar-refractivity contribution in [1.29, 1.82) is 0 Å². The Bertz CT molecular complexity index is 1640. The molecule has 0 amide bonds. The van der Waals surface area contributed by atoms with Gasteiger partial charge in [-0.3, -0.25) is 0 Å².